The van der Waals surface area contributed by atoms with Gasteiger partial charge < -0.3 is 20.4 Å². The predicted molar refractivity (Wildman–Crippen MR) is 109 cm³/mol. The van der Waals surface area contributed by atoms with E-state index in [0.717, 1.165) is 19.3 Å². The Bertz CT molecular complexity index is 608. The Morgan fingerprint density at radius 1 is 0.750 bits per heavy atom. The van der Waals surface area contributed by atoms with Crippen LogP contribution in [0.4, 0.5) is 0 Å². The SMILES string of the molecule is CCCC(O)CC(O)CC.O=C(O)c1ccccc1.O=C(O)c1ccccc1. The van der Waals surface area contributed by atoms with Gasteiger partial charge in [0.1, 0.15) is 0 Å². The van der Waals surface area contributed by atoms with Crippen LogP contribution in [0.25, 0.3) is 0 Å². The zero-order valence-electron chi connectivity index (χ0n) is 16.4. The number of carbonyl (C=O) groups is 2. The third-order valence-electron chi connectivity index (χ3n) is 3.68. The summed E-state index contributed by atoms with van der Waals surface area (Å²) in [4.78, 5) is 20.4. The topological polar surface area (TPSA) is 115 Å². The van der Waals surface area contributed by atoms with Gasteiger partial charge >= 0.3 is 11.9 Å². The van der Waals surface area contributed by atoms with Gasteiger partial charge in [0, 0.05) is 0 Å². The molecule has 0 bridgehead atoms. The second-order valence-corrected chi connectivity index (χ2v) is 6.08. The lowest BCUT2D eigenvalue weighted by Crippen LogP contribution is -2.16. The molecule has 2 aromatic rings. The minimum atomic E-state index is -0.879. The van der Waals surface area contributed by atoms with E-state index in [2.05, 4.69) is 0 Å². The van der Waals surface area contributed by atoms with Crippen molar-refractivity contribution in [3.63, 3.8) is 0 Å². The molecule has 0 fully saturated rings. The van der Waals surface area contributed by atoms with Crippen molar-refractivity contribution in [1.82, 2.24) is 0 Å². The average molecular weight is 390 g/mol. The summed E-state index contributed by atoms with van der Waals surface area (Å²) in [5.41, 5.74) is 0.662. The molecule has 28 heavy (non-hydrogen) atoms. The highest BCUT2D eigenvalue weighted by atomic mass is 16.4. The molecule has 4 N–H and O–H groups in total. The number of carboxylic acids is 2. The minimum Gasteiger partial charge on any atom is -0.478 e. The second kappa shape index (κ2) is 15.4. The molecule has 2 rings (SSSR count). The fourth-order valence-electron chi connectivity index (χ4n) is 2.09. The van der Waals surface area contributed by atoms with Gasteiger partial charge in [-0.05, 0) is 43.5 Å². The van der Waals surface area contributed by atoms with Gasteiger partial charge in [-0.2, -0.15) is 0 Å². The van der Waals surface area contributed by atoms with E-state index in [9.17, 15) is 14.7 Å². The molecule has 0 aliphatic rings. The summed E-state index contributed by atoms with van der Waals surface area (Å²) in [7, 11) is 0. The Hall–Kier alpha value is -2.70. The predicted octanol–water partition coefficient (Wildman–Crippen LogP) is 4.08. The van der Waals surface area contributed by atoms with Gasteiger partial charge in [0.05, 0.1) is 23.3 Å². The molecule has 2 atom stereocenters. The number of aliphatic hydroxyl groups is 2. The first kappa shape index (κ1) is 25.3. The number of benzene rings is 2. The molecule has 2 aromatic carbocycles. The van der Waals surface area contributed by atoms with Crippen LogP contribution in [0.1, 0.15) is 60.2 Å². The molecule has 154 valence electrons. The monoisotopic (exact) mass is 390 g/mol. The molecule has 2 unspecified atom stereocenters. The van der Waals surface area contributed by atoms with Crippen molar-refractivity contribution in [3.8, 4) is 0 Å². The van der Waals surface area contributed by atoms with Gasteiger partial charge in [-0.15, -0.1) is 0 Å². The lowest BCUT2D eigenvalue weighted by Gasteiger charge is -2.12. The van der Waals surface area contributed by atoms with Crippen LogP contribution in [0.2, 0.25) is 0 Å². The summed E-state index contributed by atoms with van der Waals surface area (Å²) in [6.07, 6.45) is 2.43. The van der Waals surface area contributed by atoms with E-state index >= 15 is 0 Å². The second-order valence-electron chi connectivity index (χ2n) is 6.08. The van der Waals surface area contributed by atoms with E-state index in [1.165, 1.54) is 0 Å². The number of aliphatic hydroxyl groups excluding tert-OH is 2. The average Bonchev–Trinajstić information content (AvgIpc) is 2.70. The van der Waals surface area contributed by atoms with E-state index < -0.39 is 11.9 Å². The maximum absolute atomic E-state index is 10.2. The first-order chi connectivity index (χ1) is 13.3. The summed E-state index contributed by atoms with van der Waals surface area (Å²) < 4.78 is 0. The Morgan fingerprint density at radius 2 is 1.14 bits per heavy atom. The highest BCUT2D eigenvalue weighted by molar-refractivity contribution is 5.87. The summed E-state index contributed by atoms with van der Waals surface area (Å²) in [5, 5.41) is 35.1. The molecule has 0 spiro atoms. The van der Waals surface area contributed by atoms with E-state index in [4.69, 9.17) is 15.3 Å². The molecule has 0 aliphatic heterocycles. The van der Waals surface area contributed by atoms with Crippen LogP contribution in [0.15, 0.2) is 60.7 Å². The fraction of sp³-hybridized carbons (Fsp3) is 0.364. The summed E-state index contributed by atoms with van der Waals surface area (Å²) >= 11 is 0. The largest absolute Gasteiger partial charge is 0.478 e. The van der Waals surface area contributed by atoms with E-state index in [-0.39, 0.29) is 12.2 Å². The maximum Gasteiger partial charge on any atom is 0.335 e. The third kappa shape index (κ3) is 12.6. The molecule has 0 saturated carbocycles. The Morgan fingerprint density at radius 3 is 1.39 bits per heavy atom. The molecular weight excluding hydrogens is 360 g/mol. The zero-order valence-corrected chi connectivity index (χ0v) is 16.4. The number of rotatable bonds is 7. The minimum absolute atomic E-state index is 0.306. The van der Waals surface area contributed by atoms with E-state index in [1.807, 2.05) is 13.8 Å². The Labute approximate surface area is 166 Å². The van der Waals surface area contributed by atoms with Crippen molar-refractivity contribution >= 4 is 11.9 Å². The van der Waals surface area contributed by atoms with Gasteiger partial charge in [-0.25, -0.2) is 9.59 Å². The number of aromatic carboxylic acids is 2. The van der Waals surface area contributed by atoms with Gasteiger partial charge in [-0.1, -0.05) is 56.7 Å². The number of carboxylic acid groups (broad SMARTS) is 2. The maximum atomic E-state index is 10.2. The van der Waals surface area contributed by atoms with Crippen LogP contribution in [0, 0.1) is 0 Å². The standard InChI is InChI=1S/C8H18O2.2C7H6O2/c1-3-5-8(10)6-7(9)4-2;2*8-7(9)6-4-2-1-3-5-6/h7-10H,3-6H2,1-2H3;2*1-5H,(H,8,9). The molecule has 0 aromatic heterocycles. The van der Waals surface area contributed by atoms with Crippen molar-refractivity contribution in [2.75, 3.05) is 0 Å². The van der Waals surface area contributed by atoms with Crippen LogP contribution < -0.4 is 0 Å². The molecular formula is C22H30O6. The van der Waals surface area contributed by atoms with Crippen molar-refractivity contribution in [3.05, 3.63) is 71.8 Å². The number of hydrogen-bond donors (Lipinski definition) is 4. The molecule has 6 heteroatoms. The molecule has 0 heterocycles. The Balaban J connectivity index is 0.000000391. The quantitative estimate of drug-likeness (QED) is 0.566. The zero-order chi connectivity index (χ0) is 21.4. The summed E-state index contributed by atoms with van der Waals surface area (Å²) in [5.74, 6) is -1.76. The first-order valence-corrected chi connectivity index (χ1v) is 9.24. The van der Waals surface area contributed by atoms with Crippen LogP contribution in [0.3, 0.4) is 0 Å². The lowest BCUT2D eigenvalue weighted by atomic mass is 10.1. The molecule has 0 aliphatic carbocycles. The third-order valence-corrected chi connectivity index (χ3v) is 3.68. The van der Waals surface area contributed by atoms with Crippen LogP contribution in [0.5, 0.6) is 0 Å². The summed E-state index contributed by atoms with van der Waals surface area (Å²) in [6, 6.07) is 16.6. The molecule has 0 radical (unpaired) electrons. The lowest BCUT2D eigenvalue weighted by molar-refractivity contribution is 0.0686. The van der Waals surface area contributed by atoms with Crippen LogP contribution >= 0.6 is 0 Å². The van der Waals surface area contributed by atoms with Crippen molar-refractivity contribution in [2.24, 2.45) is 0 Å². The van der Waals surface area contributed by atoms with Gasteiger partial charge in [0.25, 0.3) is 0 Å². The molecule has 0 saturated heterocycles. The molecule has 0 amide bonds. The van der Waals surface area contributed by atoms with Gasteiger partial charge in [0.2, 0.25) is 0 Å². The normalized spacial score (nSPS) is 11.7. The Kier molecular flexibility index (Phi) is 13.9. The first-order valence-electron chi connectivity index (χ1n) is 9.24. The van der Waals surface area contributed by atoms with Crippen molar-refractivity contribution < 1.29 is 30.0 Å². The fourth-order valence-corrected chi connectivity index (χ4v) is 2.09. The van der Waals surface area contributed by atoms with E-state index in [0.29, 0.717) is 17.5 Å². The van der Waals surface area contributed by atoms with E-state index in [1.54, 1.807) is 60.7 Å². The van der Waals surface area contributed by atoms with Crippen molar-refractivity contribution in [1.29, 1.82) is 0 Å². The highest BCUT2D eigenvalue weighted by Gasteiger charge is 2.08. The number of hydrogen-bond acceptors (Lipinski definition) is 4. The summed E-state index contributed by atoms with van der Waals surface area (Å²) in [6.45, 7) is 3.95. The van der Waals surface area contributed by atoms with Crippen molar-refractivity contribution in [2.45, 2.75) is 51.7 Å². The highest BCUT2D eigenvalue weighted by Crippen LogP contribution is 2.06. The van der Waals surface area contributed by atoms with Crippen LogP contribution in [-0.2, 0) is 0 Å². The molecule has 6 nitrogen and oxygen atoms in total. The van der Waals surface area contributed by atoms with Gasteiger partial charge in [-0.3, -0.25) is 0 Å². The van der Waals surface area contributed by atoms with Crippen LogP contribution in [-0.4, -0.2) is 44.6 Å². The smallest absolute Gasteiger partial charge is 0.335 e. The van der Waals surface area contributed by atoms with Gasteiger partial charge in [0.15, 0.2) is 0 Å².